The van der Waals surface area contributed by atoms with Gasteiger partial charge in [-0.3, -0.25) is 9.36 Å². The molecule has 0 saturated carbocycles. The van der Waals surface area contributed by atoms with Crippen molar-refractivity contribution < 1.29 is 0 Å². The fraction of sp³-hybridized carbons (Fsp3) is 0.375. The number of hydrogen-bond acceptors (Lipinski definition) is 4. The summed E-state index contributed by atoms with van der Waals surface area (Å²) in [4.78, 5) is 23.7. The number of aryl methyl sites for hydroxylation is 3. The Hall–Kier alpha value is -2.95. The maximum atomic E-state index is 12.3. The Morgan fingerprint density at radius 2 is 1.83 bits per heavy atom. The number of piperidine rings is 1. The molecule has 3 heterocycles. The summed E-state index contributed by atoms with van der Waals surface area (Å²) in [5.41, 5.74) is 4.21. The van der Waals surface area contributed by atoms with Crippen LogP contribution in [0.25, 0.3) is 5.69 Å². The lowest BCUT2D eigenvalue weighted by Crippen LogP contribution is -2.34. The molecule has 1 fully saturated rings. The van der Waals surface area contributed by atoms with Crippen molar-refractivity contribution in [2.24, 2.45) is 5.92 Å². The van der Waals surface area contributed by atoms with Crippen LogP contribution in [0.3, 0.4) is 0 Å². The summed E-state index contributed by atoms with van der Waals surface area (Å²) in [6.07, 6.45) is 5.29. The highest BCUT2D eigenvalue weighted by Crippen LogP contribution is 2.25. The van der Waals surface area contributed by atoms with E-state index < -0.39 is 0 Å². The highest BCUT2D eigenvalue weighted by atomic mass is 16.1. The first-order valence-corrected chi connectivity index (χ1v) is 10.3. The Bertz CT molecular complexity index is 1050. The van der Waals surface area contributed by atoms with E-state index >= 15 is 0 Å². The largest absolute Gasteiger partial charge is 0.357 e. The Kier molecular flexibility index (Phi) is 5.47. The first-order chi connectivity index (χ1) is 14.0. The van der Waals surface area contributed by atoms with Gasteiger partial charge in [-0.15, -0.1) is 0 Å². The highest BCUT2D eigenvalue weighted by molar-refractivity contribution is 5.44. The number of aromatic nitrogens is 3. The predicted molar refractivity (Wildman–Crippen MR) is 117 cm³/mol. The van der Waals surface area contributed by atoms with Crippen molar-refractivity contribution in [3.05, 3.63) is 81.7 Å². The molecule has 150 valence electrons. The van der Waals surface area contributed by atoms with Crippen LogP contribution in [0.4, 0.5) is 5.82 Å². The van der Waals surface area contributed by atoms with Crippen molar-refractivity contribution in [3.8, 4) is 5.69 Å². The van der Waals surface area contributed by atoms with Crippen molar-refractivity contribution in [1.82, 2.24) is 14.5 Å². The summed E-state index contributed by atoms with van der Waals surface area (Å²) in [5.74, 6) is 2.39. The molecular weight excluding hydrogens is 360 g/mol. The van der Waals surface area contributed by atoms with E-state index in [1.165, 1.54) is 24.0 Å². The molecule has 1 saturated heterocycles. The second-order valence-electron chi connectivity index (χ2n) is 8.12. The second kappa shape index (κ2) is 8.19. The second-order valence-corrected chi connectivity index (χ2v) is 8.12. The number of hydrogen-bond donors (Lipinski definition) is 0. The summed E-state index contributed by atoms with van der Waals surface area (Å²) in [7, 11) is 0. The molecule has 0 aliphatic carbocycles. The number of anilines is 1. The molecule has 2 aromatic heterocycles. The van der Waals surface area contributed by atoms with Gasteiger partial charge in [0.05, 0.1) is 11.9 Å². The third-order valence-electron chi connectivity index (χ3n) is 5.75. The Labute approximate surface area is 172 Å². The first-order valence-electron chi connectivity index (χ1n) is 10.3. The molecule has 5 heteroatoms. The van der Waals surface area contributed by atoms with E-state index in [1.54, 1.807) is 16.8 Å². The monoisotopic (exact) mass is 388 g/mol. The van der Waals surface area contributed by atoms with Gasteiger partial charge in [0, 0.05) is 24.8 Å². The molecule has 0 spiro atoms. The molecule has 0 N–H and O–H groups in total. The molecule has 1 aliphatic rings. The molecular formula is C24H28N4O. The lowest BCUT2D eigenvalue weighted by molar-refractivity contribution is 0.402. The van der Waals surface area contributed by atoms with Gasteiger partial charge in [0.1, 0.15) is 11.6 Å². The van der Waals surface area contributed by atoms with E-state index in [9.17, 15) is 4.79 Å². The van der Waals surface area contributed by atoms with Crippen molar-refractivity contribution in [3.63, 3.8) is 0 Å². The number of rotatable bonds is 4. The van der Waals surface area contributed by atoms with Gasteiger partial charge >= 0.3 is 0 Å². The van der Waals surface area contributed by atoms with Gasteiger partial charge in [-0.1, -0.05) is 29.8 Å². The van der Waals surface area contributed by atoms with Gasteiger partial charge in [0.25, 0.3) is 5.56 Å². The van der Waals surface area contributed by atoms with E-state index in [2.05, 4.69) is 46.1 Å². The first kappa shape index (κ1) is 19.4. The molecule has 0 radical (unpaired) electrons. The van der Waals surface area contributed by atoms with E-state index in [-0.39, 0.29) is 5.56 Å². The van der Waals surface area contributed by atoms with E-state index in [4.69, 9.17) is 0 Å². The smallest absolute Gasteiger partial charge is 0.258 e. The van der Waals surface area contributed by atoms with Crippen LogP contribution in [0.2, 0.25) is 0 Å². The fourth-order valence-electron chi connectivity index (χ4n) is 4.29. The van der Waals surface area contributed by atoms with Crippen LogP contribution in [0.15, 0.2) is 53.5 Å². The summed E-state index contributed by atoms with van der Waals surface area (Å²) in [6.45, 7) is 7.88. The van der Waals surface area contributed by atoms with Crippen molar-refractivity contribution in [2.45, 2.75) is 40.0 Å². The van der Waals surface area contributed by atoms with Crippen molar-refractivity contribution in [2.75, 3.05) is 18.0 Å². The lowest BCUT2D eigenvalue weighted by Gasteiger charge is -2.33. The minimum Gasteiger partial charge on any atom is -0.357 e. The fourth-order valence-corrected chi connectivity index (χ4v) is 4.29. The number of benzene rings is 1. The summed E-state index contributed by atoms with van der Waals surface area (Å²) >= 11 is 0. The quantitative estimate of drug-likeness (QED) is 0.678. The van der Waals surface area contributed by atoms with Crippen molar-refractivity contribution in [1.29, 1.82) is 0 Å². The number of nitrogens with zero attached hydrogens (tertiary/aromatic N) is 4. The van der Waals surface area contributed by atoms with Crippen LogP contribution >= 0.6 is 0 Å². The molecule has 4 rings (SSSR count). The summed E-state index contributed by atoms with van der Waals surface area (Å²) in [5, 5.41) is 0. The maximum absolute atomic E-state index is 12.3. The summed E-state index contributed by atoms with van der Waals surface area (Å²) in [6, 6.07) is 14.4. The third-order valence-corrected chi connectivity index (χ3v) is 5.75. The van der Waals surface area contributed by atoms with Crippen LogP contribution < -0.4 is 10.5 Å². The Morgan fingerprint density at radius 3 is 2.48 bits per heavy atom. The highest BCUT2D eigenvalue weighted by Gasteiger charge is 2.20. The molecule has 0 atom stereocenters. The lowest BCUT2D eigenvalue weighted by atomic mass is 9.90. The van der Waals surface area contributed by atoms with E-state index in [0.717, 1.165) is 42.6 Å². The molecule has 29 heavy (non-hydrogen) atoms. The molecule has 0 amide bonds. The zero-order valence-corrected chi connectivity index (χ0v) is 17.4. The SMILES string of the molecule is Cc1cccc(CC2CCN(c3ccc(-n4c(C)nc(C)cc4=O)cn3)CC2)c1. The van der Waals surface area contributed by atoms with Crippen molar-refractivity contribution >= 4 is 5.82 Å². The molecule has 1 aliphatic heterocycles. The maximum Gasteiger partial charge on any atom is 0.258 e. The third kappa shape index (κ3) is 4.39. The standard InChI is InChI=1S/C24H28N4O/c1-17-5-4-6-21(13-17)15-20-9-11-27(12-10-20)23-8-7-22(16-25-23)28-19(3)26-18(2)14-24(28)29/h4-8,13-14,16,20H,9-12,15H2,1-3H3. The van der Waals surface area contributed by atoms with Crippen LogP contribution in [0.5, 0.6) is 0 Å². The molecule has 5 nitrogen and oxygen atoms in total. The number of pyridine rings is 1. The van der Waals surface area contributed by atoms with Gasteiger partial charge < -0.3 is 4.90 Å². The van der Waals surface area contributed by atoms with Gasteiger partial charge in [0.15, 0.2) is 0 Å². The molecule has 0 bridgehead atoms. The molecule has 3 aromatic rings. The van der Waals surface area contributed by atoms with Crippen LogP contribution in [0.1, 0.15) is 35.5 Å². The average Bonchev–Trinajstić information content (AvgIpc) is 2.68. The topological polar surface area (TPSA) is 51.0 Å². The van der Waals surface area contributed by atoms with Gasteiger partial charge in [0.2, 0.25) is 0 Å². The Morgan fingerprint density at radius 1 is 1.03 bits per heavy atom. The van der Waals surface area contributed by atoms with Crippen LogP contribution in [-0.2, 0) is 6.42 Å². The molecule has 0 unspecified atom stereocenters. The van der Waals surface area contributed by atoms with Crippen LogP contribution in [-0.4, -0.2) is 27.6 Å². The minimum absolute atomic E-state index is 0.0680. The summed E-state index contributed by atoms with van der Waals surface area (Å²) < 4.78 is 1.61. The van der Waals surface area contributed by atoms with Gasteiger partial charge in [-0.25, -0.2) is 9.97 Å². The van der Waals surface area contributed by atoms with Gasteiger partial charge in [-0.05, 0) is 63.6 Å². The normalized spacial score (nSPS) is 14.9. The van der Waals surface area contributed by atoms with Gasteiger partial charge in [-0.2, -0.15) is 0 Å². The van der Waals surface area contributed by atoms with E-state index in [1.807, 2.05) is 26.0 Å². The van der Waals surface area contributed by atoms with Crippen LogP contribution in [0, 0.1) is 26.7 Å². The predicted octanol–water partition coefficient (Wildman–Crippen LogP) is 4.01. The zero-order chi connectivity index (χ0) is 20.4. The molecule has 1 aromatic carbocycles. The zero-order valence-electron chi connectivity index (χ0n) is 17.4. The van der Waals surface area contributed by atoms with E-state index in [0.29, 0.717) is 5.82 Å². The Balaban J connectivity index is 1.41. The average molecular weight is 389 g/mol. The minimum atomic E-state index is -0.0680.